The number of fused-ring (bicyclic) bond motifs is 1. The summed E-state index contributed by atoms with van der Waals surface area (Å²) in [5.74, 6) is 1.28. The van der Waals surface area contributed by atoms with Crippen LogP contribution in [0.15, 0.2) is 36.8 Å². The van der Waals surface area contributed by atoms with E-state index in [-0.39, 0.29) is 0 Å². The van der Waals surface area contributed by atoms with Crippen LogP contribution in [0, 0.1) is 0 Å². The maximum atomic E-state index is 5.03. The smallest absolute Gasteiger partial charge is 0.138 e. The summed E-state index contributed by atoms with van der Waals surface area (Å²) in [5, 5.41) is 4.43. The lowest BCUT2D eigenvalue weighted by molar-refractivity contribution is 0.0885. The van der Waals surface area contributed by atoms with Gasteiger partial charge in [-0.1, -0.05) is 6.07 Å². The molecule has 7 nitrogen and oxygen atoms in total. The fourth-order valence-corrected chi connectivity index (χ4v) is 4.69. The van der Waals surface area contributed by atoms with Gasteiger partial charge in [-0.05, 0) is 38.9 Å². The highest BCUT2D eigenvalue weighted by molar-refractivity contribution is 5.53. The quantitative estimate of drug-likeness (QED) is 0.667. The Kier molecular flexibility index (Phi) is 5.01. The number of hydrogen-bond acceptors (Lipinski definition) is 5. The third-order valence-electron chi connectivity index (χ3n) is 6.41. The number of rotatable bonds is 5. The topological polar surface area (TPSA) is 44.8 Å². The molecule has 0 saturated carbocycles. The molecular formula is C22H31N7. The Balaban J connectivity index is 1.38. The van der Waals surface area contributed by atoms with Crippen molar-refractivity contribution in [2.75, 3.05) is 44.7 Å². The van der Waals surface area contributed by atoms with Crippen molar-refractivity contribution in [3.8, 4) is 0 Å². The molecule has 0 aliphatic carbocycles. The van der Waals surface area contributed by atoms with E-state index in [1.54, 1.807) is 0 Å². The molecule has 29 heavy (non-hydrogen) atoms. The van der Waals surface area contributed by atoms with Crippen LogP contribution >= 0.6 is 0 Å². The van der Waals surface area contributed by atoms with E-state index in [0.29, 0.717) is 6.04 Å². The first-order valence-corrected chi connectivity index (χ1v) is 10.9. The van der Waals surface area contributed by atoms with Gasteiger partial charge in [-0.15, -0.1) is 0 Å². The van der Waals surface area contributed by atoms with Crippen molar-refractivity contribution in [2.24, 2.45) is 0 Å². The van der Waals surface area contributed by atoms with Gasteiger partial charge >= 0.3 is 0 Å². The first-order chi connectivity index (χ1) is 14.2. The molecule has 1 unspecified atom stereocenters. The molecule has 0 N–H and O–H groups in total. The Labute approximate surface area is 172 Å². The summed E-state index contributed by atoms with van der Waals surface area (Å²) in [6.07, 6.45) is 9.01. The first kappa shape index (κ1) is 18.6. The Morgan fingerprint density at radius 3 is 2.72 bits per heavy atom. The minimum atomic E-state index is 0.316. The Bertz CT molecular complexity index is 969. The Morgan fingerprint density at radius 1 is 1.07 bits per heavy atom. The fourth-order valence-electron chi connectivity index (χ4n) is 4.69. The minimum absolute atomic E-state index is 0.316. The van der Waals surface area contributed by atoms with Crippen molar-refractivity contribution in [1.29, 1.82) is 0 Å². The molecule has 0 amide bonds. The summed E-state index contributed by atoms with van der Waals surface area (Å²) >= 11 is 0. The predicted octanol–water partition coefficient (Wildman–Crippen LogP) is 2.64. The van der Waals surface area contributed by atoms with Gasteiger partial charge in [0.05, 0.1) is 17.9 Å². The van der Waals surface area contributed by atoms with Crippen molar-refractivity contribution in [2.45, 2.75) is 38.9 Å². The van der Waals surface area contributed by atoms with E-state index in [2.05, 4.69) is 68.8 Å². The number of imidazole rings is 1. The second-order valence-corrected chi connectivity index (χ2v) is 8.41. The number of aromatic nitrogens is 4. The number of nitrogens with zero attached hydrogens (tertiary/aromatic N) is 7. The molecule has 2 aliphatic rings. The van der Waals surface area contributed by atoms with Gasteiger partial charge in [-0.2, -0.15) is 5.10 Å². The third kappa shape index (κ3) is 3.65. The Hall–Kier alpha value is -2.38. The molecular weight excluding hydrogens is 362 g/mol. The molecule has 3 aromatic rings. The van der Waals surface area contributed by atoms with Gasteiger partial charge < -0.3 is 4.90 Å². The average Bonchev–Trinajstić information content (AvgIpc) is 3.49. The van der Waals surface area contributed by atoms with Gasteiger partial charge in [-0.3, -0.25) is 18.9 Å². The third-order valence-corrected chi connectivity index (χ3v) is 6.41. The van der Waals surface area contributed by atoms with Crippen molar-refractivity contribution in [1.82, 2.24) is 29.0 Å². The summed E-state index contributed by atoms with van der Waals surface area (Å²) in [4.78, 5) is 12.5. The molecule has 0 spiro atoms. The van der Waals surface area contributed by atoms with Crippen LogP contribution < -0.4 is 4.90 Å². The molecule has 0 aromatic carbocycles. The number of anilines is 1. The van der Waals surface area contributed by atoms with Crippen LogP contribution in [0.3, 0.4) is 0 Å². The van der Waals surface area contributed by atoms with Gasteiger partial charge in [0, 0.05) is 63.8 Å². The second-order valence-electron chi connectivity index (χ2n) is 8.41. The van der Waals surface area contributed by atoms with Crippen LogP contribution in [-0.4, -0.2) is 68.7 Å². The van der Waals surface area contributed by atoms with Crippen LogP contribution in [-0.2, 0) is 13.1 Å². The molecule has 2 aliphatic heterocycles. The molecule has 0 bridgehead atoms. The summed E-state index contributed by atoms with van der Waals surface area (Å²) in [5.41, 5.74) is 3.52. The van der Waals surface area contributed by atoms with Gasteiger partial charge in [0.15, 0.2) is 0 Å². The predicted molar refractivity (Wildman–Crippen MR) is 115 cm³/mol. The summed E-state index contributed by atoms with van der Waals surface area (Å²) in [6.45, 7) is 9.43. The number of pyridine rings is 1. The summed E-state index contributed by atoms with van der Waals surface area (Å²) < 4.78 is 4.30. The van der Waals surface area contributed by atoms with E-state index in [4.69, 9.17) is 4.98 Å². The standard InChI is InChI=1S/C22H31N7/c1-3-28-15-18(13-23-28)14-26-12-11-25(2)20(17-26)19-16-29-21(24-19)7-6-8-22(29)27-9-4-5-10-27/h6-8,13,15-16,20H,3-5,9-12,14,17H2,1-2H3. The van der Waals surface area contributed by atoms with Gasteiger partial charge in [-0.25, -0.2) is 4.98 Å². The summed E-state index contributed by atoms with van der Waals surface area (Å²) in [7, 11) is 2.22. The van der Waals surface area contributed by atoms with E-state index in [1.165, 1.54) is 29.9 Å². The lowest BCUT2D eigenvalue weighted by atomic mass is 10.1. The van der Waals surface area contributed by atoms with E-state index in [0.717, 1.165) is 51.5 Å². The van der Waals surface area contributed by atoms with E-state index in [9.17, 15) is 0 Å². The fraction of sp³-hybridized carbons (Fsp3) is 0.545. The highest BCUT2D eigenvalue weighted by atomic mass is 15.3. The highest BCUT2D eigenvalue weighted by Gasteiger charge is 2.28. The van der Waals surface area contributed by atoms with Crippen LogP contribution in [0.5, 0.6) is 0 Å². The highest BCUT2D eigenvalue weighted by Crippen LogP contribution is 2.28. The van der Waals surface area contributed by atoms with Crippen molar-refractivity contribution in [3.05, 3.63) is 48.0 Å². The lowest BCUT2D eigenvalue weighted by Crippen LogP contribution is -2.46. The molecule has 0 radical (unpaired) electrons. The summed E-state index contributed by atoms with van der Waals surface area (Å²) in [6, 6.07) is 6.81. The maximum absolute atomic E-state index is 5.03. The van der Waals surface area contributed by atoms with Crippen LogP contribution in [0.25, 0.3) is 5.65 Å². The van der Waals surface area contributed by atoms with Crippen LogP contribution in [0.1, 0.15) is 37.1 Å². The molecule has 1 atom stereocenters. The molecule has 2 saturated heterocycles. The number of likely N-dealkylation sites (N-methyl/N-ethyl adjacent to an activating group) is 1. The minimum Gasteiger partial charge on any atom is -0.358 e. The van der Waals surface area contributed by atoms with Crippen molar-refractivity contribution in [3.63, 3.8) is 0 Å². The van der Waals surface area contributed by atoms with Crippen molar-refractivity contribution < 1.29 is 0 Å². The number of piperazine rings is 1. The molecule has 154 valence electrons. The average molecular weight is 394 g/mol. The van der Waals surface area contributed by atoms with Gasteiger partial charge in [0.2, 0.25) is 0 Å². The van der Waals surface area contributed by atoms with E-state index >= 15 is 0 Å². The van der Waals surface area contributed by atoms with Gasteiger partial charge in [0.25, 0.3) is 0 Å². The SMILES string of the molecule is CCn1cc(CN2CCN(C)C(c3cn4c(N5CCCC5)cccc4n3)C2)cn1. The second kappa shape index (κ2) is 7.80. The van der Waals surface area contributed by atoms with E-state index in [1.807, 2.05) is 10.9 Å². The van der Waals surface area contributed by atoms with Crippen LogP contribution in [0.4, 0.5) is 5.82 Å². The lowest BCUT2D eigenvalue weighted by Gasteiger charge is -2.38. The Morgan fingerprint density at radius 2 is 1.93 bits per heavy atom. The normalized spacial score (nSPS) is 21.4. The largest absolute Gasteiger partial charge is 0.358 e. The van der Waals surface area contributed by atoms with E-state index < -0.39 is 0 Å². The zero-order chi connectivity index (χ0) is 19.8. The molecule has 3 aromatic heterocycles. The number of aryl methyl sites for hydroxylation is 1. The van der Waals surface area contributed by atoms with Crippen LogP contribution in [0.2, 0.25) is 0 Å². The molecule has 2 fully saturated rings. The zero-order valence-electron chi connectivity index (χ0n) is 17.5. The zero-order valence-corrected chi connectivity index (χ0v) is 17.5. The van der Waals surface area contributed by atoms with Crippen molar-refractivity contribution >= 4 is 11.5 Å². The maximum Gasteiger partial charge on any atom is 0.138 e. The van der Waals surface area contributed by atoms with Gasteiger partial charge in [0.1, 0.15) is 11.5 Å². The molecule has 5 rings (SSSR count). The molecule has 5 heterocycles. The number of hydrogen-bond donors (Lipinski definition) is 0. The molecule has 7 heteroatoms. The first-order valence-electron chi connectivity index (χ1n) is 10.9. The monoisotopic (exact) mass is 393 g/mol.